The molecule has 1 unspecified atom stereocenters. The molecule has 0 radical (unpaired) electrons. The van der Waals surface area contributed by atoms with Crippen molar-refractivity contribution in [1.29, 1.82) is 5.26 Å². The zero-order valence-corrected chi connectivity index (χ0v) is 17.3. The lowest BCUT2D eigenvalue weighted by Gasteiger charge is -2.13. The van der Waals surface area contributed by atoms with Gasteiger partial charge in [-0.2, -0.15) is 17.0 Å². The summed E-state index contributed by atoms with van der Waals surface area (Å²) in [5.74, 6) is -1.80. The minimum atomic E-state index is -1.08. The molecule has 0 aromatic heterocycles. The molecule has 1 atom stereocenters. The molecule has 29 heavy (non-hydrogen) atoms. The normalized spacial score (nSPS) is 11.8. The van der Waals surface area contributed by atoms with Crippen LogP contribution in [0.15, 0.2) is 36.0 Å². The van der Waals surface area contributed by atoms with E-state index in [0.717, 1.165) is 19.0 Å². The minimum absolute atomic E-state index is 0.172. The van der Waals surface area contributed by atoms with E-state index in [2.05, 4.69) is 10.6 Å². The van der Waals surface area contributed by atoms with Crippen LogP contribution in [0.1, 0.15) is 36.5 Å². The lowest BCUT2D eigenvalue weighted by atomic mass is 10.1. The van der Waals surface area contributed by atoms with Gasteiger partial charge in [-0.25, -0.2) is 9.59 Å². The van der Waals surface area contributed by atoms with Crippen molar-refractivity contribution in [3.8, 4) is 6.07 Å². The summed E-state index contributed by atoms with van der Waals surface area (Å²) in [6.45, 7) is 2.25. The highest BCUT2D eigenvalue weighted by Gasteiger charge is 2.19. The fraction of sp³-hybridized carbons (Fsp3) is 0.400. The molecule has 0 fully saturated rings. The molecular weight excluding hydrogens is 394 g/mol. The summed E-state index contributed by atoms with van der Waals surface area (Å²) in [5, 5.41) is 23.6. The number of carbonyl (C=O) groups excluding carboxylic acids is 2. The molecule has 1 aromatic carbocycles. The van der Waals surface area contributed by atoms with Gasteiger partial charge >= 0.3 is 11.9 Å². The number of carboxylic acid groups (broad SMARTS) is 1. The van der Waals surface area contributed by atoms with Gasteiger partial charge in [-0.05, 0) is 37.0 Å². The average molecular weight is 420 g/mol. The standard InChI is InChI=1S/C20H25N3O5S/c1-3-4-10-28-20(27)15-7-5-6-8-16(15)23-18(24)14(12-21)13-22-17(19(25)26)9-11-29-2/h5-8,13,17,22H,3-4,9-11H2,1-2H3,(H,23,24)(H,25,26)/b14-13-. The first-order valence-electron chi connectivity index (χ1n) is 9.10. The zero-order chi connectivity index (χ0) is 21.6. The molecule has 1 aromatic rings. The number of thioether (sulfide) groups is 1. The summed E-state index contributed by atoms with van der Waals surface area (Å²) in [6, 6.07) is 7.13. The van der Waals surface area contributed by atoms with Gasteiger partial charge in [0.15, 0.2) is 0 Å². The molecule has 1 rings (SSSR count). The van der Waals surface area contributed by atoms with Gasteiger partial charge in [0.05, 0.1) is 17.9 Å². The first kappa shape index (κ1) is 24.0. The largest absolute Gasteiger partial charge is 0.480 e. The Bertz CT molecular complexity index is 789. The van der Waals surface area contributed by atoms with Gasteiger partial charge in [0.2, 0.25) is 0 Å². The maximum atomic E-state index is 12.4. The monoisotopic (exact) mass is 419 g/mol. The smallest absolute Gasteiger partial charge is 0.340 e. The van der Waals surface area contributed by atoms with E-state index >= 15 is 0 Å². The van der Waals surface area contributed by atoms with Crippen molar-refractivity contribution in [2.75, 3.05) is 23.9 Å². The van der Waals surface area contributed by atoms with Crippen LogP contribution in [0.25, 0.3) is 0 Å². The second-order valence-corrected chi connectivity index (χ2v) is 6.98. The first-order valence-corrected chi connectivity index (χ1v) is 10.5. The molecule has 0 saturated carbocycles. The van der Waals surface area contributed by atoms with Crippen molar-refractivity contribution in [2.24, 2.45) is 0 Å². The van der Waals surface area contributed by atoms with Crippen molar-refractivity contribution >= 4 is 35.3 Å². The van der Waals surface area contributed by atoms with Crippen molar-refractivity contribution in [1.82, 2.24) is 5.32 Å². The fourth-order valence-electron chi connectivity index (χ4n) is 2.19. The number of rotatable bonds is 12. The highest BCUT2D eigenvalue weighted by Crippen LogP contribution is 2.17. The summed E-state index contributed by atoms with van der Waals surface area (Å²) >= 11 is 1.49. The quantitative estimate of drug-likeness (QED) is 0.204. The lowest BCUT2D eigenvalue weighted by Crippen LogP contribution is -2.34. The third-order valence-electron chi connectivity index (χ3n) is 3.83. The van der Waals surface area contributed by atoms with Gasteiger partial charge in [0.25, 0.3) is 5.91 Å². The van der Waals surface area contributed by atoms with E-state index in [1.165, 1.54) is 23.9 Å². The molecule has 156 valence electrons. The average Bonchev–Trinajstić information content (AvgIpc) is 2.70. The Morgan fingerprint density at radius 1 is 1.34 bits per heavy atom. The highest BCUT2D eigenvalue weighted by molar-refractivity contribution is 7.98. The summed E-state index contributed by atoms with van der Waals surface area (Å²) in [7, 11) is 0. The second-order valence-electron chi connectivity index (χ2n) is 6.00. The van der Waals surface area contributed by atoms with Gasteiger partial charge in [-0.15, -0.1) is 0 Å². The number of nitrogens with zero attached hydrogens (tertiary/aromatic N) is 1. The molecule has 0 aliphatic carbocycles. The number of anilines is 1. The zero-order valence-electron chi connectivity index (χ0n) is 16.4. The molecule has 9 heteroatoms. The molecule has 0 heterocycles. The van der Waals surface area contributed by atoms with Gasteiger partial charge in [0, 0.05) is 6.20 Å². The Balaban J connectivity index is 2.89. The topological polar surface area (TPSA) is 129 Å². The maximum Gasteiger partial charge on any atom is 0.340 e. The molecule has 1 amide bonds. The van der Waals surface area contributed by atoms with E-state index in [1.807, 2.05) is 13.2 Å². The molecule has 3 N–H and O–H groups in total. The van der Waals surface area contributed by atoms with E-state index in [1.54, 1.807) is 18.2 Å². The van der Waals surface area contributed by atoms with Crippen LogP contribution in [0.4, 0.5) is 5.69 Å². The number of carboxylic acids is 1. The van der Waals surface area contributed by atoms with Crippen LogP contribution < -0.4 is 10.6 Å². The predicted octanol–water partition coefficient (Wildman–Crippen LogP) is 2.79. The van der Waals surface area contributed by atoms with Crippen LogP contribution >= 0.6 is 11.8 Å². The Labute approximate surface area is 174 Å². The predicted molar refractivity (Wildman–Crippen MR) is 112 cm³/mol. The highest BCUT2D eigenvalue weighted by atomic mass is 32.2. The first-order chi connectivity index (χ1) is 13.9. The number of aliphatic carboxylic acids is 1. The third-order valence-corrected chi connectivity index (χ3v) is 4.47. The summed E-state index contributed by atoms with van der Waals surface area (Å²) in [6.07, 6.45) is 4.88. The number of nitriles is 1. The van der Waals surface area contributed by atoms with Crippen LogP contribution in [0.5, 0.6) is 0 Å². The molecular formula is C20H25N3O5S. The van der Waals surface area contributed by atoms with Crippen LogP contribution in [0, 0.1) is 11.3 Å². The van der Waals surface area contributed by atoms with Gasteiger partial charge in [-0.1, -0.05) is 25.5 Å². The minimum Gasteiger partial charge on any atom is -0.480 e. The van der Waals surface area contributed by atoms with E-state index in [0.29, 0.717) is 12.2 Å². The van der Waals surface area contributed by atoms with Crippen LogP contribution in [0.2, 0.25) is 0 Å². The van der Waals surface area contributed by atoms with E-state index < -0.39 is 23.9 Å². The SMILES string of the molecule is CCCCOC(=O)c1ccccc1NC(=O)/C(C#N)=C\NC(CCSC)C(=O)O. The van der Waals surface area contributed by atoms with Crippen LogP contribution in [-0.4, -0.2) is 47.6 Å². The lowest BCUT2D eigenvalue weighted by molar-refractivity contribution is -0.139. The number of hydrogen-bond acceptors (Lipinski definition) is 7. The van der Waals surface area contributed by atoms with Gasteiger partial charge in [-0.3, -0.25) is 4.79 Å². The molecule has 0 saturated heterocycles. The van der Waals surface area contributed by atoms with Crippen LogP contribution in [0.3, 0.4) is 0 Å². The number of benzene rings is 1. The van der Waals surface area contributed by atoms with Gasteiger partial charge in [0.1, 0.15) is 17.7 Å². The molecule has 0 aliphatic heterocycles. The number of amides is 1. The van der Waals surface area contributed by atoms with Crippen molar-refractivity contribution in [2.45, 2.75) is 32.2 Å². The van der Waals surface area contributed by atoms with Crippen LogP contribution in [-0.2, 0) is 14.3 Å². The van der Waals surface area contributed by atoms with E-state index in [4.69, 9.17) is 4.74 Å². The fourth-order valence-corrected chi connectivity index (χ4v) is 2.66. The Kier molecular flexibility index (Phi) is 11.0. The number of ether oxygens (including phenoxy) is 1. The summed E-state index contributed by atoms with van der Waals surface area (Å²) in [5.41, 5.74) is 0.0671. The molecule has 0 bridgehead atoms. The number of para-hydroxylation sites is 1. The summed E-state index contributed by atoms with van der Waals surface area (Å²) < 4.78 is 5.17. The number of esters is 1. The molecule has 8 nitrogen and oxygen atoms in total. The van der Waals surface area contributed by atoms with E-state index in [9.17, 15) is 24.8 Å². The number of unbranched alkanes of at least 4 members (excludes halogenated alkanes) is 1. The van der Waals surface area contributed by atoms with Crippen molar-refractivity contribution in [3.63, 3.8) is 0 Å². The number of carbonyl (C=O) groups is 3. The summed E-state index contributed by atoms with van der Waals surface area (Å²) in [4.78, 5) is 35.9. The Morgan fingerprint density at radius 3 is 2.69 bits per heavy atom. The number of hydrogen-bond donors (Lipinski definition) is 3. The molecule has 0 spiro atoms. The van der Waals surface area contributed by atoms with Gasteiger partial charge < -0.3 is 20.5 Å². The molecule has 0 aliphatic rings. The number of nitrogens with one attached hydrogen (secondary N) is 2. The second kappa shape index (κ2) is 13.2. The van der Waals surface area contributed by atoms with Crippen molar-refractivity contribution < 1.29 is 24.2 Å². The Hall–Kier alpha value is -2.99. The third kappa shape index (κ3) is 8.27. The van der Waals surface area contributed by atoms with Crippen molar-refractivity contribution in [3.05, 3.63) is 41.6 Å². The maximum absolute atomic E-state index is 12.4. The Morgan fingerprint density at radius 2 is 2.07 bits per heavy atom. The van der Waals surface area contributed by atoms with E-state index in [-0.39, 0.29) is 23.4 Å².